The summed E-state index contributed by atoms with van der Waals surface area (Å²) in [5.74, 6) is 1.19. The highest BCUT2D eigenvalue weighted by Crippen LogP contribution is 2.39. The fraction of sp³-hybridized carbons (Fsp3) is 0.733. The predicted molar refractivity (Wildman–Crippen MR) is 135 cm³/mol. The molecule has 1 aromatic carbocycles. The van der Waals surface area contributed by atoms with Crippen molar-refractivity contribution in [3.8, 4) is 0 Å². The number of benzene rings is 1. The van der Waals surface area contributed by atoms with Gasteiger partial charge in [-0.3, -0.25) is 0 Å². The first-order valence-electron chi connectivity index (χ1n) is 13.9. The largest absolute Gasteiger partial charge is 0.409 e. The molecule has 0 aromatic heterocycles. The highest BCUT2D eigenvalue weighted by molar-refractivity contribution is 5.28. The van der Waals surface area contributed by atoms with Crippen molar-refractivity contribution in [2.45, 2.75) is 127 Å². The van der Waals surface area contributed by atoms with Crippen LogP contribution >= 0.6 is 0 Å². The lowest BCUT2D eigenvalue weighted by atomic mass is 9.77. The number of unbranched alkanes of at least 4 members (excludes halogenated alkanes) is 6. The minimum atomic E-state index is -4.19. The van der Waals surface area contributed by atoms with E-state index in [-0.39, 0.29) is 5.92 Å². The standard InChI is InChI=1S/C30H45F3O/c1-2-3-4-5-6-7-8-23-34-29-19-17-28(18-20-29)27-15-13-26(14-16-27)25-11-9-24(10-12-25)21-22-30(31,32)33/h13-16,21-22,24-25,28-29H,2-12,17-20,23H2,1H3/t24-,25-,28-,29-. The maximum absolute atomic E-state index is 12.4. The van der Waals surface area contributed by atoms with Gasteiger partial charge in [0.05, 0.1) is 6.10 Å². The Hall–Kier alpha value is -1.29. The van der Waals surface area contributed by atoms with Gasteiger partial charge in [-0.1, -0.05) is 75.8 Å². The van der Waals surface area contributed by atoms with Gasteiger partial charge in [0.25, 0.3) is 0 Å². The summed E-state index contributed by atoms with van der Waals surface area (Å²) in [6.45, 7) is 3.18. The second-order valence-electron chi connectivity index (χ2n) is 10.6. The van der Waals surface area contributed by atoms with Crippen molar-refractivity contribution < 1.29 is 17.9 Å². The van der Waals surface area contributed by atoms with Crippen LogP contribution in [0.25, 0.3) is 0 Å². The Bertz CT molecular complexity index is 693. The van der Waals surface area contributed by atoms with E-state index in [4.69, 9.17) is 4.74 Å². The Labute approximate surface area is 205 Å². The Morgan fingerprint density at radius 2 is 1.24 bits per heavy atom. The maximum Gasteiger partial charge on any atom is 0.409 e. The summed E-state index contributed by atoms with van der Waals surface area (Å²) in [4.78, 5) is 0. The number of halogens is 3. The van der Waals surface area contributed by atoms with Crippen LogP contribution in [-0.4, -0.2) is 18.9 Å². The molecule has 3 rings (SSSR count). The van der Waals surface area contributed by atoms with Crippen molar-refractivity contribution >= 4 is 0 Å². The van der Waals surface area contributed by atoms with E-state index >= 15 is 0 Å². The molecule has 0 radical (unpaired) electrons. The zero-order valence-corrected chi connectivity index (χ0v) is 21.1. The van der Waals surface area contributed by atoms with Crippen LogP contribution in [0.1, 0.15) is 126 Å². The van der Waals surface area contributed by atoms with Gasteiger partial charge in [0.1, 0.15) is 0 Å². The lowest BCUT2D eigenvalue weighted by Gasteiger charge is -2.30. The molecule has 2 saturated carbocycles. The molecule has 0 aliphatic heterocycles. The van der Waals surface area contributed by atoms with Crippen molar-refractivity contribution in [1.29, 1.82) is 0 Å². The summed E-state index contributed by atoms with van der Waals surface area (Å²) in [6, 6.07) is 9.15. The van der Waals surface area contributed by atoms with Gasteiger partial charge < -0.3 is 4.74 Å². The minimum absolute atomic E-state index is 0.0698. The molecule has 0 spiro atoms. The molecule has 2 fully saturated rings. The summed E-state index contributed by atoms with van der Waals surface area (Å²) < 4.78 is 43.4. The molecule has 1 aromatic rings. The monoisotopic (exact) mass is 478 g/mol. The average molecular weight is 479 g/mol. The Morgan fingerprint density at radius 3 is 1.76 bits per heavy atom. The van der Waals surface area contributed by atoms with Crippen molar-refractivity contribution in [2.75, 3.05) is 6.61 Å². The van der Waals surface area contributed by atoms with Crippen molar-refractivity contribution in [3.05, 3.63) is 47.5 Å². The van der Waals surface area contributed by atoms with Gasteiger partial charge in [-0.05, 0) is 86.7 Å². The third-order valence-corrected chi connectivity index (χ3v) is 7.98. The molecular formula is C30H45F3O. The summed E-state index contributed by atoms with van der Waals surface area (Å²) in [7, 11) is 0. The second-order valence-corrected chi connectivity index (χ2v) is 10.6. The van der Waals surface area contributed by atoms with Crippen LogP contribution in [-0.2, 0) is 4.74 Å². The SMILES string of the molecule is CCCCCCCCCO[C@H]1CC[C@H](c2ccc([C@H]3CC[C@H](C=CC(F)(F)F)CC3)cc2)CC1. The Kier molecular flexibility index (Phi) is 11.5. The molecule has 0 N–H and O–H groups in total. The van der Waals surface area contributed by atoms with Crippen LogP contribution in [0.5, 0.6) is 0 Å². The highest BCUT2D eigenvalue weighted by atomic mass is 19.4. The van der Waals surface area contributed by atoms with Crippen molar-refractivity contribution in [2.24, 2.45) is 5.92 Å². The first-order chi connectivity index (χ1) is 16.4. The molecule has 34 heavy (non-hydrogen) atoms. The number of alkyl halides is 3. The summed E-state index contributed by atoms with van der Waals surface area (Å²) >= 11 is 0. The lowest BCUT2D eigenvalue weighted by molar-refractivity contribution is -0.0803. The van der Waals surface area contributed by atoms with E-state index in [2.05, 4.69) is 31.2 Å². The van der Waals surface area contributed by atoms with E-state index in [9.17, 15) is 13.2 Å². The minimum Gasteiger partial charge on any atom is -0.378 e. The molecule has 0 atom stereocenters. The molecule has 2 aliphatic rings. The fourth-order valence-corrected chi connectivity index (χ4v) is 5.80. The second kappa shape index (κ2) is 14.3. The highest BCUT2D eigenvalue weighted by Gasteiger charge is 2.26. The molecule has 2 aliphatic carbocycles. The zero-order chi connectivity index (χ0) is 24.2. The van der Waals surface area contributed by atoms with E-state index in [1.165, 1.54) is 87.8 Å². The molecule has 4 heteroatoms. The summed E-state index contributed by atoms with van der Waals surface area (Å²) in [5.41, 5.74) is 2.80. The first kappa shape index (κ1) is 27.3. The normalized spacial score (nSPS) is 26.2. The van der Waals surface area contributed by atoms with E-state index in [1.54, 1.807) is 0 Å². The Morgan fingerprint density at radius 1 is 0.735 bits per heavy atom. The smallest absolute Gasteiger partial charge is 0.378 e. The van der Waals surface area contributed by atoms with Gasteiger partial charge in [0, 0.05) is 12.7 Å². The maximum atomic E-state index is 12.4. The van der Waals surface area contributed by atoms with Crippen LogP contribution in [0, 0.1) is 5.92 Å². The van der Waals surface area contributed by atoms with E-state index in [0.29, 0.717) is 24.0 Å². The summed E-state index contributed by atoms with van der Waals surface area (Å²) in [5, 5.41) is 0. The number of ether oxygens (including phenoxy) is 1. The molecular weight excluding hydrogens is 433 g/mol. The van der Waals surface area contributed by atoms with Crippen molar-refractivity contribution in [3.63, 3.8) is 0 Å². The van der Waals surface area contributed by atoms with Gasteiger partial charge in [-0.2, -0.15) is 13.2 Å². The number of rotatable bonds is 12. The lowest BCUT2D eigenvalue weighted by Crippen LogP contribution is -2.21. The topological polar surface area (TPSA) is 9.23 Å². The third kappa shape index (κ3) is 9.76. The molecule has 0 bridgehead atoms. The summed E-state index contributed by atoms with van der Waals surface area (Å²) in [6.07, 6.45) is 15.7. The number of allylic oxidation sites excluding steroid dienone is 2. The molecule has 1 nitrogen and oxygen atoms in total. The van der Waals surface area contributed by atoms with Gasteiger partial charge in [0.2, 0.25) is 0 Å². The fourth-order valence-electron chi connectivity index (χ4n) is 5.80. The van der Waals surface area contributed by atoms with Gasteiger partial charge in [0.15, 0.2) is 0 Å². The van der Waals surface area contributed by atoms with E-state index < -0.39 is 6.18 Å². The van der Waals surface area contributed by atoms with Gasteiger partial charge >= 0.3 is 6.18 Å². The van der Waals surface area contributed by atoms with Crippen LogP contribution in [0.15, 0.2) is 36.4 Å². The van der Waals surface area contributed by atoms with Crippen LogP contribution < -0.4 is 0 Å². The van der Waals surface area contributed by atoms with Gasteiger partial charge in [-0.25, -0.2) is 0 Å². The zero-order valence-electron chi connectivity index (χ0n) is 21.1. The van der Waals surface area contributed by atoms with E-state index in [0.717, 1.165) is 32.3 Å². The first-order valence-corrected chi connectivity index (χ1v) is 13.9. The van der Waals surface area contributed by atoms with Crippen LogP contribution in [0.3, 0.4) is 0 Å². The number of hydrogen-bond acceptors (Lipinski definition) is 1. The molecule has 0 saturated heterocycles. The number of hydrogen-bond donors (Lipinski definition) is 0. The predicted octanol–water partition coefficient (Wildman–Crippen LogP) is 9.87. The molecule has 192 valence electrons. The van der Waals surface area contributed by atoms with E-state index in [1.807, 2.05) is 0 Å². The Balaban J connectivity index is 1.32. The van der Waals surface area contributed by atoms with Crippen LogP contribution in [0.4, 0.5) is 13.2 Å². The quantitative estimate of drug-likeness (QED) is 0.214. The van der Waals surface area contributed by atoms with Gasteiger partial charge in [-0.15, -0.1) is 0 Å². The molecule has 0 heterocycles. The average Bonchev–Trinajstić information content (AvgIpc) is 2.85. The van der Waals surface area contributed by atoms with Crippen molar-refractivity contribution in [1.82, 2.24) is 0 Å². The third-order valence-electron chi connectivity index (χ3n) is 7.98. The molecule has 0 amide bonds. The van der Waals surface area contributed by atoms with Crippen LogP contribution in [0.2, 0.25) is 0 Å². The molecule has 0 unspecified atom stereocenters.